The maximum atomic E-state index is 12.9. The lowest BCUT2D eigenvalue weighted by atomic mass is 10.1. The van der Waals surface area contributed by atoms with Gasteiger partial charge in [0, 0.05) is 5.69 Å². The molecule has 29 heavy (non-hydrogen) atoms. The van der Waals surface area contributed by atoms with Crippen molar-refractivity contribution in [3.8, 4) is 5.75 Å². The van der Waals surface area contributed by atoms with Crippen LogP contribution in [-0.4, -0.2) is 18.9 Å². The lowest BCUT2D eigenvalue weighted by molar-refractivity contribution is -0.143. The second-order valence-corrected chi connectivity index (χ2v) is 5.91. The molecule has 0 fully saturated rings. The van der Waals surface area contributed by atoms with Crippen molar-refractivity contribution < 1.29 is 40.7 Å². The number of anilines is 2. The van der Waals surface area contributed by atoms with Crippen molar-refractivity contribution in [2.45, 2.75) is 19.3 Å². The average Bonchev–Trinajstić information content (AvgIpc) is 2.60. The van der Waals surface area contributed by atoms with Gasteiger partial charge in [0.25, 0.3) is 0 Å². The molecule has 156 valence electrons. The van der Waals surface area contributed by atoms with Gasteiger partial charge < -0.3 is 15.4 Å². The van der Waals surface area contributed by atoms with Crippen molar-refractivity contribution in [2.24, 2.45) is 0 Å². The molecule has 0 heterocycles. The zero-order valence-corrected chi connectivity index (χ0v) is 15.0. The second-order valence-electron chi connectivity index (χ2n) is 5.91. The van der Waals surface area contributed by atoms with Gasteiger partial charge in [-0.25, -0.2) is 0 Å². The summed E-state index contributed by atoms with van der Waals surface area (Å²) in [4.78, 5) is 24.0. The number of ether oxygens (including phenoxy) is 1. The molecule has 0 saturated carbocycles. The van der Waals surface area contributed by atoms with Crippen molar-refractivity contribution >= 4 is 23.2 Å². The SMILES string of the molecule is COc1ccc(C)cc1NC(=O)C(=O)Nc1cc(C(F)(F)F)cc(C(F)(F)F)c1. The Morgan fingerprint density at radius 1 is 0.828 bits per heavy atom. The highest BCUT2D eigenvalue weighted by Gasteiger charge is 2.37. The molecule has 0 aliphatic heterocycles. The third kappa shape index (κ3) is 5.62. The van der Waals surface area contributed by atoms with Gasteiger partial charge in [0.1, 0.15) is 5.75 Å². The minimum absolute atomic E-state index is 0.0899. The molecule has 0 atom stereocenters. The number of methoxy groups -OCH3 is 1. The molecule has 0 unspecified atom stereocenters. The maximum Gasteiger partial charge on any atom is 0.416 e. The number of rotatable bonds is 3. The molecule has 0 bridgehead atoms. The average molecular weight is 420 g/mol. The maximum absolute atomic E-state index is 12.9. The Balaban J connectivity index is 2.28. The first-order valence-electron chi connectivity index (χ1n) is 7.87. The number of carbonyl (C=O) groups excluding carboxylic acids is 2. The summed E-state index contributed by atoms with van der Waals surface area (Å²) < 4.78 is 82.2. The van der Waals surface area contributed by atoms with E-state index in [2.05, 4.69) is 5.32 Å². The van der Waals surface area contributed by atoms with Crippen molar-refractivity contribution in [3.63, 3.8) is 0 Å². The van der Waals surface area contributed by atoms with Gasteiger partial charge in [0.05, 0.1) is 23.9 Å². The van der Waals surface area contributed by atoms with Crippen molar-refractivity contribution in [2.75, 3.05) is 17.7 Å². The van der Waals surface area contributed by atoms with Gasteiger partial charge in [-0.15, -0.1) is 0 Å². The van der Waals surface area contributed by atoms with Gasteiger partial charge in [-0.2, -0.15) is 26.3 Å². The summed E-state index contributed by atoms with van der Waals surface area (Å²) in [5.74, 6) is -2.56. The molecule has 2 amide bonds. The van der Waals surface area contributed by atoms with Gasteiger partial charge in [0.2, 0.25) is 0 Å². The van der Waals surface area contributed by atoms with E-state index in [1.165, 1.54) is 19.2 Å². The lowest BCUT2D eigenvalue weighted by Gasteiger charge is -2.15. The summed E-state index contributed by atoms with van der Waals surface area (Å²) in [5, 5.41) is 3.94. The molecule has 0 aliphatic rings. The van der Waals surface area contributed by atoms with E-state index >= 15 is 0 Å². The number of alkyl halides is 6. The highest BCUT2D eigenvalue weighted by Crippen LogP contribution is 2.37. The smallest absolute Gasteiger partial charge is 0.416 e. The Bertz CT molecular complexity index is 906. The van der Waals surface area contributed by atoms with E-state index in [-0.39, 0.29) is 17.5 Å². The van der Waals surface area contributed by atoms with Crippen molar-refractivity contribution in [1.82, 2.24) is 0 Å². The first kappa shape index (κ1) is 22.1. The fourth-order valence-electron chi connectivity index (χ4n) is 2.31. The molecule has 0 aliphatic carbocycles. The quantitative estimate of drug-likeness (QED) is 0.563. The van der Waals surface area contributed by atoms with Crippen LogP contribution in [0.5, 0.6) is 5.75 Å². The summed E-state index contributed by atoms with van der Waals surface area (Å²) in [6.45, 7) is 1.69. The first-order valence-corrected chi connectivity index (χ1v) is 7.87. The fraction of sp³-hybridized carbons (Fsp3) is 0.222. The highest BCUT2D eigenvalue weighted by molar-refractivity contribution is 6.43. The van der Waals surface area contributed by atoms with E-state index in [0.29, 0.717) is 17.7 Å². The molecule has 2 aromatic carbocycles. The molecular weight excluding hydrogens is 406 g/mol. The van der Waals surface area contributed by atoms with E-state index < -0.39 is 41.0 Å². The van der Waals surface area contributed by atoms with E-state index in [9.17, 15) is 35.9 Å². The summed E-state index contributed by atoms with van der Waals surface area (Å²) in [6.07, 6.45) is -10.2. The summed E-state index contributed by atoms with van der Waals surface area (Å²) >= 11 is 0. The topological polar surface area (TPSA) is 67.4 Å². The normalized spacial score (nSPS) is 11.7. The van der Waals surface area contributed by atoms with Gasteiger partial charge in [0.15, 0.2) is 0 Å². The Hall–Kier alpha value is -3.24. The zero-order valence-electron chi connectivity index (χ0n) is 15.0. The van der Waals surface area contributed by atoms with Crippen LogP contribution in [0.15, 0.2) is 36.4 Å². The molecule has 2 rings (SSSR count). The standard InChI is InChI=1S/C18H14F6N2O3/c1-9-3-4-14(29-2)13(5-9)26-16(28)15(27)25-12-7-10(17(19,20)21)6-11(8-12)18(22,23)24/h3-8H,1-2H3,(H,25,27)(H,26,28). The van der Waals surface area contributed by atoms with Gasteiger partial charge in [-0.3, -0.25) is 9.59 Å². The van der Waals surface area contributed by atoms with Gasteiger partial charge in [-0.1, -0.05) is 6.07 Å². The Labute approximate surface area is 160 Å². The van der Waals surface area contributed by atoms with Gasteiger partial charge in [-0.05, 0) is 42.8 Å². The number of halogens is 6. The predicted molar refractivity (Wildman–Crippen MR) is 91.4 cm³/mol. The van der Waals surface area contributed by atoms with Crippen LogP contribution in [0.4, 0.5) is 37.7 Å². The van der Waals surface area contributed by atoms with Crippen LogP contribution in [0, 0.1) is 6.92 Å². The molecule has 11 heteroatoms. The molecule has 5 nitrogen and oxygen atoms in total. The number of benzene rings is 2. The van der Waals surface area contributed by atoms with Crippen molar-refractivity contribution in [1.29, 1.82) is 0 Å². The molecule has 2 N–H and O–H groups in total. The Morgan fingerprint density at radius 3 is 1.83 bits per heavy atom. The zero-order chi connectivity index (χ0) is 22.0. The molecule has 0 aromatic heterocycles. The van der Waals surface area contributed by atoms with E-state index in [1.807, 2.05) is 0 Å². The first-order chi connectivity index (χ1) is 13.3. The highest BCUT2D eigenvalue weighted by atomic mass is 19.4. The minimum atomic E-state index is -5.09. The van der Waals surface area contributed by atoms with Crippen LogP contribution in [0.25, 0.3) is 0 Å². The minimum Gasteiger partial charge on any atom is -0.495 e. The lowest BCUT2D eigenvalue weighted by Crippen LogP contribution is -2.29. The van der Waals surface area contributed by atoms with Crippen LogP contribution in [0.3, 0.4) is 0 Å². The van der Waals surface area contributed by atoms with Crippen LogP contribution in [0.1, 0.15) is 16.7 Å². The van der Waals surface area contributed by atoms with Crippen molar-refractivity contribution in [3.05, 3.63) is 53.1 Å². The molecular formula is C18H14F6N2O3. The fourth-order valence-corrected chi connectivity index (χ4v) is 2.31. The molecule has 2 aromatic rings. The molecule has 0 radical (unpaired) electrons. The number of aryl methyl sites for hydroxylation is 1. The number of carbonyl (C=O) groups is 2. The monoisotopic (exact) mass is 420 g/mol. The number of nitrogens with one attached hydrogen (secondary N) is 2. The number of hydrogen-bond acceptors (Lipinski definition) is 3. The Kier molecular flexibility index (Phi) is 6.10. The molecule has 0 spiro atoms. The van der Waals surface area contributed by atoms with E-state index in [4.69, 9.17) is 4.74 Å². The van der Waals surface area contributed by atoms with E-state index in [0.717, 1.165) is 0 Å². The third-order valence-electron chi connectivity index (χ3n) is 3.65. The third-order valence-corrected chi connectivity index (χ3v) is 3.65. The second kappa shape index (κ2) is 8.02. The summed E-state index contributed by atoms with van der Waals surface area (Å²) in [5.41, 5.74) is -3.27. The summed E-state index contributed by atoms with van der Waals surface area (Å²) in [7, 11) is 1.31. The summed E-state index contributed by atoms with van der Waals surface area (Å²) in [6, 6.07) is 5.14. The largest absolute Gasteiger partial charge is 0.495 e. The van der Waals surface area contributed by atoms with Crippen LogP contribution >= 0.6 is 0 Å². The number of hydrogen-bond donors (Lipinski definition) is 2. The van der Waals surface area contributed by atoms with Gasteiger partial charge >= 0.3 is 24.2 Å². The Morgan fingerprint density at radius 2 is 1.34 bits per heavy atom. The van der Waals surface area contributed by atoms with E-state index in [1.54, 1.807) is 18.3 Å². The predicted octanol–water partition coefficient (Wildman–Crippen LogP) is 4.62. The number of amides is 2. The molecule has 0 saturated heterocycles. The van der Waals surface area contributed by atoms with Crippen LogP contribution in [0.2, 0.25) is 0 Å². The van der Waals surface area contributed by atoms with Crippen LogP contribution < -0.4 is 15.4 Å². The van der Waals surface area contributed by atoms with Crippen LogP contribution in [-0.2, 0) is 21.9 Å².